The van der Waals surface area contributed by atoms with E-state index in [0.717, 1.165) is 11.1 Å². The fourth-order valence-electron chi connectivity index (χ4n) is 1.38. The van der Waals surface area contributed by atoms with Crippen LogP contribution in [0.25, 0.3) is 0 Å². The highest BCUT2D eigenvalue weighted by Gasteiger charge is 2.21. The van der Waals surface area contributed by atoms with Gasteiger partial charge < -0.3 is 10.4 Å². The number of carbonyl (C=O) groups excluding carboxylic acids is 1. The molecular formula is C13H17NO4S. The number of aliphatic carboxylic acids is 1. The van der Waals surface area contributed by atoms with Crippen molar-refractivity contribution in [2.24, 2.45) is 0 Å². The molecule has 2 unspecified atom stereocenters. The lowest BCUT2D eigenvalue weighted by Crippen LogP contribution is -2.29. The van der Waals surface area contributed by atoms with Crippen LogP contribution in [0.4, 0.5) is 5.69 Å². The van der Waals surface area contributed by atoms with Crippen LogP contribution in [-0.4, -0.2) is 32.2 Å². The van der Waals surface area contributed by atoms with Gasteiger partial charge in [0.25, 0.3) is 0 Å². The normalized spacial score (nSPS) is 13.6. The van der Waals surface area contributed by atoms with Crippen molar-refractivity contribution in [1.82, 2.24) is 0 Å². The van der Waals surface area contributed by atoms with E-state index in [1.165, 1.54) is 6.92 Å². The number of carboxylic acids is 1. The molecule has 19 heavy (non-hydrogen) atoms. The Kier molecular flexibility index (Phi) is 5.23. The Bertz CT molecular complexity index is 527. The minimum Gasteiger partial charge on any atom is -0.480 e. The third-order valence-corrected chi connectivity index (χ3v) is 4.34. The summed E-state index contributed by atoms with van der Waals surface area (Å²) in [6.07, 6.45) is 0. The zero-order valence-corrected chi connectivity index (χ0v) is 11.9. The average molecular weight is 283 g/mol. The number of amides is 1. The summed E-state index contributed by atoms with van der Waals surface area (Å²) in [5.41, 5.74) is 2.77. The molecule has 0 fully saturated rings. The van der Waals surface area contributed by atoms with Crippen molar-refractivity contribution in [3.05, 3.63) is 29.3 Å². The van der Waals surface area contributed by atoms with Crippen LogP contribution < -0.4 is 5.32 Å². The number of carbonyl (C=O) groups is 2. The molecule has 1 aromatic rings. The maximum Gasteiger partial charge on any atom is 0.318 e. The maximum atomic E-state index is 11.6. The molecule has 0 heterocycles. The van der Waals surface area contributed by atoms with Gasteiger partial charge in [-0.3, -0.25) is 13.8 Å². The van der Waals surface area contributed by atoms with E-state index in [9.17, 15) is 13.8 Å². The lowest BCUT2D eigenvalue weighted by Gasteiger charge is -2.09. The number of anilines is 1. The predicted molar refractivity (Wildman–Crippen MR) is 74.7 cm³/mol. The molecule has 6 heteroatoms. The Hall–Kier alpha value is -1.69. The molecule has 0 aromatic heterocycles. The van der Waals surface area contributed by atoms with Gasteiger partial charge >= 0.3 is 5.97 Å². The standard InChI is InChI=1S/C13H17NO4S/c1-8-4-5-11(6-9(8)2)14-12(15)7-19(18)10(3)13(16)17/h4-6,10H,7H2,1-3H3,(H,14,15)(H,16,17). The van der Waals surface area contributed by atoms with E-state index in [2.05, 4.69) is 5.32 Å². The summed E-state index contributed by atoms with van der Waals surface area (Å²) in [5.74, 6) is -1.94. The molecule has 104 valence electrons. The molecule has 0 saturated carbocycles. The molecule has 0 aliphatic rings. The van der Waals surface area contributed by atoms with Crippen LogP contribution in [0.15, 0.2) is 18.2 Å². The Morgan fingerprint density at radius 1 is 1.32 bits per heavy atom. The second-order valence-corrected chi connectivity index (χ2v) is 6.11. The number of aryl methyl sites for hydroxylation is 2. The van der Waals surface area contributed by atoms with Gasteiger partial charge in [-0.15, -0.1) is 0 Å². The molecule has 5 nitrogen and oxygen atoms in total. The molecule has 0 radical (unpaired) electrons. The van der Waals surface area contributed by atoms with Crippen molar-refractivity contribution < 1.29 is 18.9 Å². The zero-order valence-electron chi connectivity index (χ0n) is 11.1. The third kappa shape index (κ3) is 4.48. The van der Waals surface area contributed by atoms with Crippen LogP contribution >= 0.6 is 0 Å². The number of carboxylic acid groups (broad SMARTS) is 1. The van der Waals surface area contributed by atoms with E-state index >= 15 is 0 Å². The van der Waals surface area contributed by atoms with Gasteiger partial charge in [-0.1, -0.05) is 6.07 Å². The minimum atomic E-state index is -1.72. The monoisotopic (exact) mass is 283 g/mol. The van der Waals surface area contributed by atoms with Crippen LogP contribution in [0.5, 0.6) is 0 Å². The van der Waals surface area contributed by atoms with Crippen molar-refractivity contribution in [2.75, 3.05) is 11.1 Å². The van der Waals surface area contributed by atoms with Crippen LogP contribution in [0, 0.1) is 13.8 Å². The zero-order chi connectivity index (χ0) is 14.6. The van der Waals surface area contributed by atoms with E-state index in [4.69, 9.17) is 5.11 Å². The van der Waals surface area contributed by atoms with Crippen LogP contribution in [0.2, 0.25) is 0 Å². The lowest BCUT2D eigenvalue weighted by molar-refractivity contribution is -0.136. The van der Waals surface area contributed by atoms with E-state index in [0.29, 0.717) is 5.69 Å². The fourth-order valence-corrected chi connectivity index (χ4v) is 2.19. The maximum absolute atomic E-state index is 11.6. The number of benzene rings is 1. The highest BCUT2D eigenvalue weighted by atomic mass is 32.2. The predicted octanol–water partition coefficient (Wildman–Crippen LogP) is 1.46. The van der Waals surface area contributed by atoms with Crippen molar-refractivity contribution in [3.63, 3.8) is 0 Å². The quantitative estimate of drug-likeness (QED) is 0.857. The Morgan fingerprint density at radius 3 is 2.47 bits per heavy atom. The fraction of sp³-hybridized carbons (Fsp3) is 0.385. The second kappa shape index (κ2) is 6.47. The topological polar surface area (TPSA) is 83.5 Å². The van der Waals surface area contributed by atoms with Crippen molar-refractivity contribution >= 4 is 28.4 Å². The summed E-state index contributed by atoms with van der Waals surface area (Å²) in [4.78, 5) is 22.3. The molecule has 2 atom stereocenters. The van der Waals surface area contributed by atoms with E-state index in [1.807, 2.05) is 26.0 Å². The number of nitrogens with one attached hydrogen (secondary N) is 1. The molecule has 0 aliphatic carbocycles. The summed E-state index contributed by atoms with van der Waals surface area (Å²) >= 11 is 0. The third-order valence-electron chi connectivity index (χ3n) is 2.81. The molecule has 0 saturated heterocycles. The van der Waals surface area contributed by atoms with Gasteiger partial charge in [0.05, 0.1) is 0 Å². The van der Waals surface area contributed by atoms with Gasteiger partial charge in [0.2, 0.25) is 5.91 Å². The van der Waals surface area contributed by atoms with Crippen LogP contribution in [-0.2, 0) is 20.4 Å². The first kappa shape index (κ1) is 15.4. The van der Waals surface area contributed by atoms with Gasteiger partial charge in [0, 0.05) is 16.5 Å². The summed E-state index contributed by atoms with van der Waals surface area (Å²) < 4.78 is 11.6. The van der Waals surface area contributed by atoms with Gasteiger partial charge in [-0.2, -0.15) is 0 Å². The SMILES string of the molecule is Cc1ccc(NC(=O)CS(=O)C(C)C(=O)O)cc1C. The molecule has 0 spiro atoms. The Labute approximate surface area is 114 Å². The Balaban J connectivity index is 2.63. The highest BCUT2D eigenvalue weighted by molar-refractivity contribution is 7.87. The molecule has 0 aliphatic heterocycles. The van der Waals surface area contributed by atoms with Gasteiger partial charge in [-0.05, 0) is 44.0 Å². The summed E-state index contributed by atoms with van der Waals surface area (Å²) in [6.45, 7) is 5.21. The van der Waals surface area contributed by atoms with Gasteiger partial charge in [0.15, 0.2) is 0 Å². The van der Waals surface area contributed by atoms with Crippen molar-refractivity contribution in [1.29, 1.82) is 0 Å². The minimum absolute atomic E-state index is 0.319. The highest BCUT2D eigenvalue weighted by Crippen LogP contribution is 2.14. The number of hydrogen-bond donors (Lipinski definition) is 2. The van der Waals surface area contributed by atoms with Gasteiger partial charge in [0.1, 0.15) is 11.0 Å². The summed E-state index contributed by atoms with van der Waals surface area (Å²) in [6, 6.07) is 5.45. The molecule has 1 rings (SSSR count). The molecule has 0 bridgehead atoms. The van der Waals surface area contributed by atoms with Crippen molar-refractivity contribution in [3.8, 4) is 0 Å². The van der Waals surface area contributed by atoms with E-state index < -0.39 is 27.9 Å². The first-order valence-corrected chi connectivity index (χ1v) is 7.16. The van der Waals surface area contributed by atoms with Crippen LogP contribution in [0.3, 0.4) is 0 Å². The van der Waals surface area contributed by atoms with E-state index in [1.54, 1.807) is 6.07 Å². The smallest absolute Gasteiger partial charge is 0.318 e. The first-order chi connectivity index (χ1) is 8.81. The molecular weight excluding hydrogens is 266 g/mol. The summed E-state index contributed by atoms with van der Waals surface area (Å²) in [5, 5.41) is 10.3. The van der Waals surface area contributed by atoms with Crippen molar-refractivity contribution in [2.45, 2.75) is 26.0 Å². The molecule has 1 aromatic carbocycles. The molecule has 2 N–H and O–H groups in total. The van der Waals surface area contributed by atoms with Crippen LogP contribution in [0.1, 0.15) is 18.1 Å². The number of rotatable bonds is 5. The molecule has 1 amide bonds. The Morgan fingerprint density at radius 2 is 1.95 bits per heavy atom. The second-order valence-electron chi connectivity index (χ2n) is 4.35. The summed E-state index contributed by atoms with van der Waals surface area (Å²) in [7, 11) is -1.72. The largest absolute Gasteiger partial charge is 0.480 e. The average Bonchev–Trinajstić information content (AvgIpc) is 2.32. The van der Waals surface area contributed by atoms with E-state index in [-0.39, 0.29) is 5.75 Å². The first-order valence-electron chi connectivity index (χ1n) is 5.78. The number of hydrogen-bond acceptors (Lipinski definition) is 3. The lowest BCUT2D eigenvalue weighted by atomic mass is 10.1. The van der Waals surface area contributed by atoms with Gasteiger partial charge in [-0.25, -0.2) is 0 Å².